The number of piperazine rings is 1. The molecule has 0 N–H and O–H groups in total. The van der Waals surface area contributed by atoms with Gasteiger partial charge in [-0.3, -0.25) is 14.6 Å². The fourth-order valence-electron chi connectivity index (χ4n) is 2.67. The van der Waals surface area contributed by atoms with E-state index in [0.717, 1.165) is 0 Å². The number of amides is 2. The van der Waals surface area contributed by atoms with Gasteiger partial charge in [0.2, 0.25) is 0 Å². The third kappa shape index (κ3) is 3.95. The molecule has 0 bridgehead atoms. The van der Waals surface area contributed by atoms with Crippen LogP contribution < -0.4 is 4.90 Å². The second kappa shape index (κ2) is 6.93. The zero-order chi connectivity index (χ0) is 19.7. The maximum atomic E-state index is 13.0. The van der Waals surface area contributed by atoms with Crippen molar-refractivity contribution in [2.24, 2.45) is 0 Å². The summed E-state index contributed by atoms with van der Waals surface area (Å²) in [4.78, 5) is 44.2. The summed E-state index contributed by atoms with van der Waals surface area (Å²) in [7, 11) is 1.27. The minimum Gasteiger partial charge on any atom is -0.464 e. The van der Waals surface area contributed by atoms with Gasteiger partial charge in [-0.2, -0.15) is 0 Å². The van der Waals surface area contributed by atoms with Crippen molar-refractivity contribution in [2.45, 2.75) is 45.8 Å². The molecule has 1 fully saturated rings. The van der Waals surface area contributed by atoms with Gasteiger partial charge in [-0.05, 0) is 46.8 Å². The highest BCUT2D eigenvalue weighted by atomic mass is 16.6. The first-order valence-electron chi connectivity index (χ1n) is 8.35. The van der Waals surface area contributed by atoms with Crippen LogP contribution >= 0.6 is 0 Å². The van der Waals surface area contributed by atoms with Crippen molar-refractivity contribution in [3.05, 3.63) is 23.9 Å². The number of pyridine rings is 1. The van der Waals surface area contributed by atoms with Crippen LogP contribution in [0.3, 0.4) is 0 Å². The normalized spacial score (nSPS) is 17.1. The lowest BCUT2D eigenvalue weighted by Gasteiger charge is -2.45. The molecular weight excluding hydrogens is 338 g/mol. The fraction of sp³-hybridized carbons (Fsp3) is 0.556. The first kappa shape index (κ1) is 19.7. The van der Waals surface area contributed by atoms with E-state index in [1.807, 2.05) is 0 Å². The van der Waals surface area contributed by atoms with E-state index in [4.69, 9.17) is 4.74 Å². The maximum absolute atomic E-state index is 13.0. The van der Waals surface area contributed by atoms with Crippen LogP contribution in [0.25, 0.3) is 0 Å². The Balaban J connectivity index is 2.26. The highest BCUT2D eigenvalue weighted by Crippen LogP contribution is 2.28. The molecule has 0 aliphatic carbocycles. The molecule has 0 unspecified atom stereocenters. The van der Waals surface area contributed by atoms with E-state index in [-0.39, 0.29) is 24.7 Å². The molecule has 1 aromatic rings. The Morgan fingerprint density at radius 3 is 2.42 bits per heavy atom. The Kier molecular flexibility index (Phi) is 5.25. The Hall–Kier alpha value is -2.64. The molecule has 0 saturated carbocycles. The lowest BCUT2D eigenvalue weighted by molar-refractivity contribution is -0.131. The SMILES string of the molecule is COC(=O)c1cccc(N2CCN(C(=O)OC(C)(C)C)C(C)(C)C2=O)n1. The number of nitrogens with zero attached hydrogens (tertiary/aromatic N) is 3. The minimum absolute atomic E-state index is 0.116. The van der Waals surface area contributed by atoms with Crippen LogP contribution in [0.15, 0.2) is 18.2 Å². The van der Waals surface area contributed by atoms with E-state index >= 15 is 0 Å². The number of aromatic nitrogens is 1. The summed E-state index contributed by atoms with van der Waals surface area (Å²) in [5, 5.41) is 0. The molecule has 1 saturated heterocycles. The zero-order valence-electron chi connectivity index (χ0n) is 16.0. The van der Waals surface area contributed by atoms with Crippen LogP contribution in [-0.4, -0.2) is 59.2 Å². The number of ether oxygens (including phenoxy) is 2. The highest BCUT2D eigenvalue weighted by molar-refractivity contribution is 6.02. The van der Waals surface area contributed by atoms with Crippen molar-refractivity contribution in [1.29, 1.82) is 0 Å². The summed E-state index contributed by atoms with van der Waals surface area (Å²) >= 11 is 0. The van der Waals surface area contributed by atoms with Gasteiger partial charge in [-0.25, -0.2) is 14.6 Å². The number of methoxy groups -OCH3 is 1. The Morgan fingerprint density at radius 1 is 1.19 bits per heavy atom. The van der Waals surface area contributed by atoms with Crippen LogP contribution in [0, 0.1) is 0 Å². The van der Waals surface area contributed by atoms with E-state index in [2.05, 4.69) is 9.72 Å². The molecule has 1 aliphatic rings. The van der Waals surface area contributed by atoms with Crippen molar-refractivity contribution in [2.75, 3.05) is 25.1 Å². The molecule has 8 heteroatoms. The number of hydrogen-bond donors (Lipinski definition) is 0. The van der Waals surface area contributed by atoms with Gasteiger partial charge in [0, 0.05) is 13.1 Å². The number of hydrogen-bond acceptors (Lipinski definition) is 6. The topological polar surface area (TPSA) is 89.0 Å². The van der Waals surface area contributed by atoms with Gasteiger partial charge in [0.1, 0.15) is 17.0 Å². The predicted octanol–water partition coefficient (Wildman–Crippen LogP) is 2.23. The molecule has 2 heterocycles. The van der Waals surface area contributed by atoms with Crippen molar-refractivity contribution in [3.8, 4) is 0 Å². The van der Waals surface area contributed by atoms with E-state index in [9.17, 15) is 14.4 Å². The van der Waals surface area contributed by atoms with Crippen LogP contribution in [0.1, 0.15) is 45.1 Å². The predicted molar refractivity (Wildman–Crippen MR) is 94.9 cm³/mol. The molecule has 8 nitrogen and oxygen atoms in total. The highest BCUT2D eigenvalue weighted by Gasteiger charge is 2.46. The summed E-state index contributed by atoms with van der Waals surface area (Å²) < 4.78 is 10.1. The average Bonchev–Trinajstić information content (AvgIpc) is 2.54. The van der Waals surface area contributed by atoms with Gasteiger partial charge in [0.25, 0.3) is 5.91 Å². The standard InChI is InChI=1S/C18H25N3O5/c1-17(2,3)26-16(24)21-11-10-20(15(23)18(21,4)5)13-9-7-8-12(19-13)14(22)25-6/h7-9H,10-11H2,1-6H3. The van der Waals surface area contributed by atoms with Gasteiger partial charge >= 0.3 is 12.1 Å². The van der Waals surface area contributed by atoms with E-state index in [1.54, 1.807) is 46.8 Å². The molecule has 0 atom stereocenters. The van der Waals surface area contributed by atoms with Crippen molar-refractivity contribution in [1.82, 2.24) is 9.88 Å². The molecule has 1 aromatic heterocycles. The van der Waals surface area contributed by atoms with Crippen LogP contribution in [0.2, 0.25) is 0 Å². The largest absolute Gasteiger partial charge is 0.464 e. The molecule has 0 spiro atoms. The minimum atomic E-state index is -1.11. The first-order valence-corrected chi connectivity index (χ1v) is 8.35. The fourth-order valence-corrected chi connectivity index (χ4v) is 2.67. The zero-order valence-corrected chi connectivity index (χ0v) is 16.0. The van der Waals surface area contributed by atoms with Crippen molar-refractivity contribution in [3.63, 3.8) is 0 Å². The number of carbonyl (C=O) groups is 3. The summed E-state index contributed by atoms with van der Waals surface area (Å²) in [6, 6.07) is 4.79. The second-order valence-electron chi connectivity index (χ2n) is 7.52. The summed E-state index contributed by atoms with van der Waals surface area (Å²) in [5.41, 5.74) is -1.64. The summed E-state index contributed by atoms with van der Waals surface area (Å²) in [6.07, 6.45) is -0.535. The van der Waals surface area contributed by atoms with Crippen LogP contribution in [0.5, 0.6) is 0 Å². The molecule has 0 aromatic carbocycles. The van der Waals surface area contributed by atoms with Gasteiger partial charge in [-0.1, -0.05) is 6.07 Å². The number of rotatable bonds is 2. The van der Waals surface area contributed by atoms with Crippen molar-refractivity contribution >= 4 is 23.8 Å². The molecule has 1 aliphatic heterocycles. The van der Waals surface area contributed by atoms with Gasteiger partial charge in [0.15, 0.2) is 5.69 Å². The smallest absolute Gasteiger partial charge is 0.411 e. The quantitative estimate of drug-likeness (QED) is 0.749. The van der Waals surface area contributed by atoms with Gasteiger partial charge in [-0.15, -0.1) is 0 Å². The molecule has 26 heavy (non-hydrogen) atoms. The van der Waals surface area contributed by atoms with E-state index in [1.165, 1.54) is 23.0 Å². The Labute approximate surface area is 153 Å². The molecule has 2 amide bonds. The Morgan fingerprint density at radius 2 is 1.85 bits per heavy atom. The monoisotopic (exact) mass is 363 g/mol. The molecule has 0 radical (unpaired) electrons. The first-order chi connectivity index (χ1) is 12.0. The number of anilines is 1. The third-order valence-corrected chi connectivity index (χ3v) is 4.01. The summed E-state index contributed by atoms with van der Waals surface area (Å²) in [5.74, 6) is -0.537. The van der Waals surface area contributed by atoms with Gasteiger partial charge < -0.3 is 9.47 Å². The third-order valence-electron chi connectivity index (χ3n) is 4.01. The van der Waals surface area contributed by atoms with Crippen LogP contribution in [-0.2, 0) is 14.3 Å². The van der Waals surface area contributed by atoms with Gasteiger partial charge in [0.05, 0.1) is 7.11 Å². The lowest BCUT2D eigenvalue weighted by Crippen LogP contribution is -2.65. The average molecular weight is 363 g/mol. The lowest BCUT2D eigenvalue weighted by atomic mass is 9.98. The molecule has 142 valence electrons. The molecular formula is C18H25N3O5. The number of carbonyl (C=O) groups excluding carboxylic acids is 3. The second-order valence-corrected chi connectivity index (χ2v) is 7.52. The molecule has 2 rings (SSSR count). The Bertz CT molecular complexity index is 724. The van der Waals surface area contributed by atoms with Crippen LogP contribution in [0.4, 0.5) is 10.6 Å². The number of esters is 1. The summed E-state index contributed by atoms with van der Waals surface area (Å²) in [6.45, 7) is 9.19. The van der Waals surface area contributed by atoms with E-state index in [0.29, 0.717) is 5.82 Å². The maximum Gasteiger partial charge on any atom is 0.411 e. The van der Waals surface area contributed by atoms with E-state index < -0.39 is 23.2 Å². The van der Waals surface area contributed by atoms with Crippen molar-refractivity contribution < 1.29 is 23.9 Å².